The molecule has 4 rings (SSSR count). The molecule has 1 aliphatic rings. The zero-order chi connectivity index (χ0) is 17.2. The predicted octanol–water partition coefficient (Wildman–Crippen LogP) is 2.47. The second-order valence-electron chi connectivity index (χ2n) is 6.30. The van der Waals surface area contributed by atoms with Gasteiger partial charge in [0.2, 0.25) is 5.91 Å². The molecule has 0 aliphatic heterocycles. The Morgan fingerprint density at radius 1 is 1.40 bits per heavy atom. The third kappa shape index (κ3) is 2.97. The largest absolute Gasteiger partial charge is 0.472 e. The number of nitrogens with one attached hydrogen (secondary N) is 2. The summed E-state index contributed by atoms with van der Waals surface area (Å²) in [5.74, 6) is 0.266. The third-order valence-electron chi connectivity index (χ3n) is 4.68. The minimum absolute atomic E-state index is 0.0334. The number of para-hydroxylation sites is 1. The van der Waals surface area contributed by atoms with E-state index in [4.69, 9.17) is 4.74 Å². The highest BCUT2D eigenvalue weighted by molar-refractivity contribution is 5.90. The molecule has 3 aromatic rings. The average molecular weight is 340 g/mol. The minimum Gasteiger partial charge on any atom is -0.472 e. The maximum Gasteiger partial charge on any atom is 0.278 e. The monoisotopic (exact) mass is 340 g/mol. The van der Waals surface area contributed by atoms with E-state index in [-0.39, 0.29) is 11.8 Å². The maximum atomic E-state index is 12.6. The lowest BCUT2D eigenvalue weighted by molar-refractivity contribution is -0.123. The number of benzene rings is 1. The molecule has 7 nitrogen and oxygen atoms in total. The van der Waals surface area contributed by atoms with Crippen LogP contribution < -0.4 is 10.1 Å². The summed E-state index contributed by atoms with van der Waals surface area (Å²) in [5, 5.41) is 11.5. The molecule has 130 valence electrons. The number of carbonyl (C=O) groups excluding carboxylic acids is 1. The number of carbonyl (C=O) groups is 1. The number of fused-ring (bicyclic) bond motifs is 3. The Hall–Kier alpha value is -2.83. The second kappa shape index (κ2) is 6.58. The quantitative estimate of drug-likeness (QED) is 0.696. The van der Waals surface area contributed by atoms with Crippen LogP contribution >= 0.6 is 0 Å². The molecule has 1 aromatic carbocycles. The lowest BCUT2D eigenvalue weighted by atomic mass is 9.86. The van der Waals surface area contributed by atoms with Gasteiger partial charge in [-0.05, 0) is 43.0 Å². The van der Waals surface area contributed by atoms with Gasteiger partial charge in [0.15, 0.2) is 0 Å². The minimum atomic E-state index is -0.133. The van der Waals surface area contributed by atoms with E-state index in [2.05, 4.69) is 37.4 Å². The number of ether oxygens (including phenoxy) is 1. The lowest BCUT2D eigenvalue weighted by Crippen LogP contribution is -2.34. The summed E-state index contributed by atoms with van der Waals surface area (Å²) in [4.78, 5) is 16.1. The Bertz CT molecular complexity index is 899. The molecule has 0 saturated heterocycles. The fourth-order valence-electron chi connectivity index (χ4n) is 3.48. The summed E-state index contributed by atoms with van der Waals surface area (Å²) in [7, 11) is 0. The summed E-state index contributed by atoms with van der Waals surface area (Å²) in [6.07, 6.45) is 2.90. The van der Waals surface area contributed by atoms with Gasteiger partial charge in [0.1, 0.15) is 12.3 Å². The van der Waals surface area contributed by atoms with Gasteiger partial charge in [0, 0.05) is 16.6 Å². The zero-order valence-electron chi connectivity index (χ0n) is 14.0. The number of hydrogen-bond acceptors (Lipinski definition) is 5. The average Bonchev–Trinajstić information content (AvgIpc) is 3.21. The van der Waals surface area contributed by atoms with E-state index in [1.165, 1.54) is 10.9 Å². The molecular weight excluding hydrogens is 320 g/mol. The number of hydrogen-bond donors (Lipinski definition) is 2. The summed E-state index contributed by atoms with van der Waals surface area (Å²) in [6, 6.07) is 8.23. The summed E-state index contributed by atoms with van der Waals surface area (Å²) < 4.78 is 10.0. The van der Waals surface area contributed by atoms with Gasteiger partial charge in [-0.25, -0.2) is 4.63 Å². The molecule has 0 radical (unpaired) electrons. The Labute approximate surface area is 144 Å². The number of H-pyrrole nitrogens is 1. The molecular formula is C18H20N4O3. The number of aryl methyl sites for hydroxylation is 2. The summed E-state index contributed by atoms with van der Waals surface area (Å²) in [6.45, 7) is 2.49. The Kier molecular flexibility index (Phi) is 4.13. The van der Waals surface area contributed by atoms with E-state index in [9.17, 15) is 4.79 Å². The number of nitrogens with zero attached hydrogens (tertiary/aromatic N) is 2. The Morgan fingerprint density at radius 3 is 3.12 bits per heavy atom. The Morgan fingerprint density at radius 2 is 2.28 bits per heavy atom. The van der Waals surface area contributed by atoms with Gasteiger partial charge in [-0.15, -0.1) is 0 Å². The molecule has 0 bridgehead atoms. The van der Waals surface area contributed by atoms with Crippen LogP contribution in [0.25, 0.3) is 10.9 Å². The van der Waals surface area contributed by atoms with Crippen LogP contribution in [0.1, 0.15) is 35.7 Å². The van der Waals surface area contributed by atoms with Crippen molar-refractivity contribution in [3.63, 3.8) is 0 Å². The van der Waals surface area contributed by atoms with Crippen molar-refractivity contribution in [3.8, 4) is 5.88 Å². The zero-order valence-corrected chi connectivity index (χ0v) is 14.0. The molecule has 1 atom stereocenters. The van der Waals surface area contributed by atoms with Gasteiger partial charge in [0.25, 0.3) is 5.88 Å². The van der Waals surface area contributed by atoms with E-state index in [1.54, 1.807) is 6.92 Å². The molecule has 2 N–H and O–H groups in total. The van der Waals surface area contributed by atoms with Crippen LogP contribution in [0.4, 0.5) is 0 Å². The first-order chi connectivity index (χ1) is 12.2. The highest BCUT2D eigenvalue weighted by Crippen LogP contribution is 2.36. The van der Waals surface area contributed by atoms with Gasteiger partial charge >= 0.3 is 0 Å². The first-order valence-electron chi connectivity index (χ1n) is 8.53. The summed E-state index contributed by atoms with van der Waals surface area (Å²) >= 11 is 0. The van der Waals surface area contributed by atoms with Gasteiger partial charge in [-0.2, -0.15) is 0 Å². The van der Waals surface area contributed by atoms with Crippen LogP contribution in [0.3, 0.4) is 0 Å². The van der Waals surface area contributed by atoms with Crippen LogP contribution in [0.5, 0.6) is 5.88 Å². The van der Waals surface area contributed by atoms with Crippen LogP contribution in [0.2, 0.25) is 0 Å². The number of aromatic nitrogens is 3. The van der Waals surface area contributed by atoms with Crippen molar-refractivity contribution >= 4 is 16.8 Å². The first kappa shape index (κ1) is 15.7. The van der Waals surface area contributed by atoms with Gasteiger partial charge < -0.3 is 15.0 Å². The van der Waals surface area contributed by atoms with Crippen LogP contribution in [0.15, 0.2) is 28.9 Å². The third-order valence-corrected chi connectivity index (χ3v) is 4.68. The number of rotatable bonds is 5. The highest BCUT2D eigenvalue weighted by Gasteiger charge is 2.29. The van der Waals surface area contributed by atoms with Gasteiger partial charge in [-0.3, -0.25) is 4.79 Å². The molecule has 0 fully saturated rings. The SMILES string of the molecule is Cc1nonc1OCCNC(=O)C1CCCc2c1[nH]c1ccccc21. The topological polar surface area (TPSA) is 93.0 Å². The van der Waals surface area contributed by atoms with Crippen molar-refractivity contribution in [1.82, 2.24) is 20.6 Å². The standard InChI is InChI=1S/C18H20N4O3/c1-11-18(22-25-21-11)24-10-9-19-17(23)14-7-4-6-13-12-5-2-3-8-15(12)20-16(13)14/h2-3,5,8,14,20H,4,6-7,9-10H2,1H3,(H,19,23). The van der Waals surface area contributed by atoms with E-state index in [0.29, 0.717) is 24.7 Å². The maximum absolute atomic E-state index is 12.6. The molecule has 25 heavy (non-hydrogen) atoms. The van der Waals surface area contributed by atoms with E-state index >= 15 is 0 Å². The second-order valence-corrected chi connectivity index (χ2v) is 6.30. The van der Waals surface area contributed by atoms with E-state index in [1.807, 2.05) is 12.1 Å². The molecule has 7 heteroatoms. The van der Waals surface area contributed by atoms with E-state index < -0.39 is 0 Å². The molecule has 2 aromatic heterocycles. The molecule has 0 saturated carbocycles. The van der Waals surface area contributed by atoms with Crippen molar-refractivity contribution in [2.45, 2.75) is 32.1 Å². The Balaban J connectivity index is 1.41. The van der Waals surface area contributed by atoms with Crippen molar-refractivity contribution in [2.24, 2.45) is 0 Å². The number of aromatic amines is 1. The predicted molar refractivity (Wildman–Crippen MR) is 91.5 cm³/mol. The number of amides is 1. The summed E-state index contributed by atoms with van der Waals surface area (Å²) in [5.41, 5.74) is 4.04. The fraction of sp³-hybridized carbons (Fsp3) is 0.389. The molecule has 2 heterocycles. The van der Waals surface area contributed by atoms with Crippen molar-refractivity contribution in [1.29, 1.82) is 0 Å². The normalized spacial score (nSPS) is 16.6. The first-order valence-corrected chi connectivity index (χ1v) is 8.53. The molecule has 1 amide bonds. The van der Waals surface area contributed by atoms with Crippen LogP contribution in [0, 0.1) is 6.92 Å². The van der Waals surface area contributed by atoms with Crippen molar-refractivity contribution in [3.05, 3.63) is 41.2 Å². The van der Waals surface area contributed by atoms with Gasteiger partial charge in [0.05, 0.1) is 12.5 Å². The molecule has 1 unspecified atom stereocenters. The highest BCUT2D eigenvalue weighted by atomic mass is 16.6. The van der Waals surface area contributed by atoms with Crippen molar-refractivity contribution < 1.29 is 14.2 Å². The van der Waals surface area contributed by atoms with E-state index in [0.717, 1.165) is 30.5 Å². The molecule has 0 spiro atoms. The van der Waals surface area contributed by atoms with Gasteiger partial charge in [-0.1, -0.05) is 23.4 Å². The van der Waals surface area contributed by atoms with Crippen LogP contribution in [-0.4, -0.2) is 34.4 Å². The lowest BCUT2D eigenvalue weighted by Gasteiger charge is -2.22. The van der Waals surface area contributed by atoms with Crippen LogP contribution in [-0.2, 0) is 11.2 Å². The molecule has 1 aliphatic carbocycles. The van der Waals surface area contributed by atoms with Crippen molar-refractivity contribution in [2.75, 3.05) is 13.2 Å². The fourth-order valence-corrected chi connectivity index (χ4v) is 3.48. The smallest absolute Gasteiger partial charge is 0.278 e.